The Bertz CT molecular complexity index is 479. The lowest BCUT2D eigenvalue weighted by Crippen LogP contribution is -2.39. The van der Waals surface area contributed by atoms with Crippen LogP contribution < -0.4 is 0 Å². The van der Waals surface area contributed by atoms with Crippen LogP contribution in [0.3, 0.4) is 0 Å². The van der Waals surface area contributed by atoms with E-state index in [1.54, 1.807) is 6.92 Å². The van der Waals surface area contributed by atoms with Crippen LogP contribution in [-0.4, -0.2) is 30.6 Å². The van der Waals surface area contributed by atoms with Gasteiger partial charge in [0.25, 0.3) is 0 Å². The molecule has 1 aliphatic rings. The third-order valence-electron chi connectivity index (χ3n) is 3.53. The molecule has 0 bridgehead atoms. The Morgan fingerprint density at radius 1 is 1.45 bits per heavy atom. The Morgan fingerprint density at radius 2 is 2.25 bits per heavy atom. The van der Waals surface area contributed by atoms with Crippen molar-refractivity contribution in [1.29, 1.82) is 0 Å². The summed E-state index contributed by atoms with van der Waals surface area (Å²) in [5.74, 6) is -1.22. The first kappa shape index (κ1) is 14.9. The summed E-state index contributed by atoms with van der Waals surface area (Å²) in [5, 5.41) is 0. The maximum Gasteiger partial charge on any atom is 0.310 e. The Morgan fingerprint density at radius 3 is 3.00 bits per heavy atom. The van der Waals surface area contributed by atoms with E-state index in [2.05, 4.69) is 0 Å². The zero-order chi connectivity index (χ0) is 14.5. The molecule has 0 aromatic heterocycles. The summed E-state index contributed by atoms with van der Waals surface area (Å²) < 4.78 is 31.8. The first-order valence-corrected chi connectivity index (χ1v) is 6.93. The molecule has 1 unspecified atom stereocenters. The lowest BCUT2D eigenvalue weighted by molar-refractivity contribution is -0.150. The van der Waals surface area contributed by atoms with Gasteiger partial charge in [-0.1, -0.05) is 0 Å². The zero-order valence-corrected chi connectivity index (χ0v) is 11.6. The van der Waals surface area contributed by atoms with Crippen molar-refractivity contribution >= 4 is 5.97 Å². The van der Waals surface area contributed by atoms with Crippen LogP contribution in [0.4, 0.5) is 8.78 Å². The average molecular weight is 283 g/mol. The van der Waals surface area contributed by atoms with Gasteiger partial charge in [-0.3, -0.25) is 9.69 Å². The molecule has 110 valence electrons. The molecule has 1 aromatic carbocycles. The largest absolute Gasteiger partial charge is 0.466 e. The van der Waals surface area contributed by atoms with E-state index in [1.807, 2.05) is 4.90 Å². The van der Waals surface area contributed by atoms with Gasteiger partial charge in [-0.05, 0) is 44.5 Å². The van der Waals surface area contributed by atoms with E-state index in [0.717, 1.165) is 31.5 Å². The van der Waals surface area contributed by atoms with E-state index in [-0.39, 0.29) is 11.9 Å². The summed E-state index contributed by atoms with van der Waals surface area (Å²) in [6, 6.07) is 3.46. The minimum absolute atomic E-state index is 0.166. The fourth-order valence-corrected chi connectivity index (χ4v) is 2.56. The summed E-state index contributed by atoms with van der Waals surface area (Å²) in [6.07, 6.45) is 1.65. The fraction of sp³-hybridized carbons (Fsp3) is 0.533. The SMILES string of the molecule is CCOC(=O)C1CCCN(Cc2cc(F)ccc2F)C1. The monoisotopic (exact) mass is 283 g/mol. The maximum atomic E-state index is 13.6. The highest BCUT2D eigenvalue weighted by atomic mass is 19.1. The molecule has 5 heteroatoms. The van der Waals surface area contributed by atoms with Gasteiger partial charge in [0, 0.05) is 18.7 Å². The molecular formula is C15H19F2NO2. The number of ether oxygens (including phenoxy) is 1. The number of nitrogens with zero attached hydrogens (tertiary/aromatic N) is 1. The first-order chi connectivity index (χ1) is 9.60. The van der Waals surface area contributed by atoms with Gasteiger partial charge < -0.3 is 4.74 Å². The van der Waals surface area contributed by atoms with Crippen LogP contribution in [0.15, 0.2) is 18.2 Å². The van der Waals surface area contributed by atoms with E-state index in [0.29, 0.717) is 25.3 Å². The molecule has 2 rings (SSSR count). The van der Waals surface area contributed by atoms with Gasteiger partial charge >= 0.3 is 5.97 Å². The van der Waals surface area contributed by atoms with Crippen LogP contribution in [0.25, 0.3) is 0 Å². The van der Waals surface area contributed by atoms with Crippen LogP contribution >= 0.6 is 0 Å². The van der Waals surface area contributed by atoms with Gasteiger partial charge in [-0.2, -0.15) is 0 Å². The third-order valence-corrected chi connectivity index (χ3v) is 3.53. The van der Waals surface area contributed by atoms with E-state index >= 15 is 0 Å². The van der Waals surface area contributed by atoms with Gasteiger partial charge in [0.2, 0.25) is 0 Å². The Kier molecular flexibility index (Phi) is 5.06. The normalized spacial score (nSPS) is 19.9. The van der Waals surface area contributed by atoms with E-state index in [4.69, 9.17) is 4.74 Å². The van der Waals surface area contributed by atoms with Crippen molar-refractivity contribution in [3.8, 4) is 0 Å². The number of carbonyl (C=O) groups is 1. The summed E-state index contributed by atoms with van der Waals surface area (Å²) in [6.45, 7) is 3.79. The van der Waals surface area contributed by atoms with Crippen molar-refractivity contribution in [2.24, 2.45) is 5.92 Å². The predicted molar refractivity (Wildman–Crippen MR) is 71.0 cm³/mol. The van der Waals surface area contributed by atoms with Gasteiger partial charge in [-0.25, -0.2) is 8.78 Å². The summed E-state index contributed by atoms with van der Waals surface area (Å²) in [7, 11) is 0. The fourth-order valence-electron chi connectivity index (χ4n) is 2.56. The highest BCUT2D eigenvalue weighted by Gasteiger charge is 2.27. The molecule has 3 nitrogen and oxygen atoms in total. The zero-order valence-electron chi connectivity index (χ0n) is 11.6. The number of carbonyl (C=O) groups excluding carboxylic acids is 1. The van der Waals surface area contributed by atoms with Crippen LogP contribution in [0.1, 0.15) is 25.3 Å². The van der Waals surface area contributed by atoms with E-state index < -0.39 is 11.6 Å². The summed E-state index contributed by atoms with van der Waals surface area (Å²) >= 11 is 0. The molecule has 1 saturated heterocycles. The topological polar surface area (TPSA) is 29.5 Å². The molecule has 1 aliphatic heterocycles. The molecule has 0 aliphatic carbocycles. The molecule has 0 N–H and O–H groups in total. The second-order valence-electron chi connectivity index (χ2n) is 5.06. The minimum Gasteiger partial charge on any atom is -0.466 e. The van der Waals surface area contributed by atoms with Gasteiger partial charge in [0.15, 0.2) is 0 Å². The number of halogens is 2. The molecule has 0 saturated carbocycles. The van der Waals surface area contributed by atoms with Crippen LogP contribution in [0.5, 0.6) is 0 Å². The highest BCUT2D eigenvalue weighted by molar-refractivity contribution is 5.72. The van der Waals surface area contributed by atoms with Crippen molar-refractivity contribution in [1.82, 2.24) is 4.90 Å². The van der Waals surface area contributed by atoms with Crippen LogP contribution in [0.2, 0.25) is 0 Å². The second-order valence-corrected chi connectivity index (χ2v) is 5.06. The summed E-state index contributed by atoms with van der Waals surface area (Å²) in [4.78, 5) is 13.7. The molecule has 0 radical (unpaired) electrons. The first-order valence-electron chi connectivity index (χ1n) is 6.93. The molecule has 0 amide bonds. The second kappa shape index (κ2) is 6.79. The number of rotatable bonds is 4. The van der Waals surface area contributed by atoms with Crippen molar-refractivity contribution in [3.63, 3.8) is 0 Å². The maximum absolute atomic E-state index is 13.6. The van der Waals surface area contributed by atoms with Crippen LogP contribution in [0, 0.1) is 17.6 Å². The Balaban J connectivity index is 1.99. The van der Waals surface area contributed by atoms with Crippen molar-refractivity contribution in [3.05, 3.63) is 35.4 Å². The van der Waals surface area contributed by atoms with Gasteiger partial charge in [-0.15, -0.1) is 0 Å². The number of likely N-dealkylation sites (tertiary alicyclic amines) is 1. The minimum atomic E-state index is -0.444. The molecular weight excluding hydrogens is 264 g/mol. The number of piperidine rings is 1. The lowest BCUT2D eigenvalue weighted by atomic mass is 9.97. The third kappa shape index (κ3) is 3.76. The van der Waals surface area contributed by atoms with E-state index in [1.165, 1.54) is 6.07 Å². The lowest BCUT2D eigenvalue weighted by Gasteiger charge is -2.31. The number of esters is 1. The average Bonchev–Trinajstić information content (AvgIpc) is 2.43. The van der Waals surface area contributed by atoms with Crippen molar-refractivity contribution in [2.45, 2.75) is 26.3 Å². The summed E-state index contributed by atoms with van der Waals surface area (Å²) in [5.41, 5.74) is 0.328. The smallest absolute Gasteiger partial charge is 0.310 e. The van der Waals surface area contributed by atoms with E-state index in [9.17, 15) is 13.6 Å². The molecule has 1 fully saturated rings. The Hall–Kier alpha value is -1.49. The highest BCUT2D eigenvalue weighted by Crippen LogP contribution is 2.21. The standard InChI is InChI=1S/C15H19F2NO2/c1-2-20-15(19)11-4-3-7-18(9-11)10-12-8-13(16)5-6-14(12)17/h5-6,8,11H,2-4,7,9-10H2,1H3. The quantitative estimate of drug-likeness (QED) is 0.796. The van der Waals surface area contributed by atoms with Gasteiger partial charge in [0.05, 0.1) is 12.5 Å². The molecule has 1 heterocycles. The molecule has 20 heavy (non-hydrogen) atoms. The number of hydrogen-bond acceptors (Lipinski definition) is 3. The van der Waals surface area contributed by atoms with Crippen molar-refractivity contribution < 1.29 is 18.3 Å². The molecule has 1 aromatic rings. The molecule has 0 spiro atoms. The van der Waals surface area contributed by atoms with Crippen molar-refractivity contribution in [2.75, 3.05) is 19.7 Å². The van der Waals surface area contributed by atoms with Crippen LogP contribution in [-0.2, 0) is 16.1 Å². The van der Waals surface area contributed by atoms with Gasteiger partial charge in [0.1, 0.15) is 11.6 Å². The molecule has 1 atom stereocenters. The Labute approximate surface area is 117 Å². The predicted octanol–water partition coefficient (Wildman–Crippen LogP) is 2.74. The number of hydrogen-bond donors (Lipinski definition) is 0. The number of benzene rings is 1.